The lowest BCUT2D eigenvalue weighted by Crippen LogP contribution is -2.45. The molecule has 1 aromatic heterocycles. The molecule has 116 valence electrons. The third kappa shape index (κ3) is 3.81. The average Bonchev–Trinajstić information content (AvgIpc) is 2.51. The van der Waals surface area contributed by atoms with Gasteiger partial charge in [-0.05, 0) is 23.6 Å². The number of para-hydroxylation sites is 1. The Kier molecular flexibility index (Phi) is 5.09. The fraction of sp³-hybridized carbons (Fsp3) is 0.353. The molecule has 0 bridgehead atoms. The van der Waals surface area contributed by atoms with Crippen LogP contribution in [0.2, 0.25) is 0 Å². The van der Waals surface area contributed by atoms with Gasteiger partial charge in [-0.2, -0.15) is 0 Å². The second-order valence-corrected chi connectivity index (χ2v) is 5.48. The molecule has 2 rings (SSSR count). The Balaban J connectivity index is 2.08. The fourth-order valence-corrected chi connectivity index (χ4v) is 2.31. The monoisotopic (exact) mass is 300 g/mol. The van der Waals surface area contributed by atoms with Crippen LogP contribution in [0.4, 0.5) is 0 Å². The summed E-state index contributed by atoms with van der Waals surface area (Å²) in [4.78, 5) is 27.6. The highest BCUT2D eigenvalue weighted by Crippen LogP contribution is 2.13. The third-order valence-electron chi connectivity index (χ3n) is 3.81. The summed E-state index contributed by atoms with van der Waals surface area (Å²) >= 11 is 0. The van der Waals surface area contributed by atoms with E-state index in [9.17, 15) is 14.7 Å². The van der Waals surface area contributed by atoms with Gasteiger partial charge in [-0.15, -0.1) is 0 Å². The van der Waals surface area contributed by atoms with Gasteiger partial charge >= 0.3 is 5.97 Å². The van der Waals surface area contributed by atoms with E-state index in [-0.39, 0.29) is 18.2 Å². The van der Waals surface area contributed by atoms with Gasteiger partial charge < -0.3 is 10.4 Å². The number of rotatable bonds is 6. The highest BCUT2D eigenvalue weighted by Gasteiger charge is 2.25. The number of amides is 1. The number of carbonyl (C=O) groups is 2. The molecule has 0 aliphatic carbocycles. The zero-order chi connectivity index (χ0) is 16.1. The number of hydrogen-bond acceptors (Lipinski definition) is 3. The van der Waals surface area contributed by atoms with Crippen molar-refractivity contribution in [3.8, 4) is 0 Å². The summed E-state index contributed by atoms with van der Waals surface area (Å²) in [7, 11) is 0. The van der Waals surface area contributed by atoms with E-state index in [4.69, 9.17) is 0 Å². The first-order chi connectivity index (χ1) is 10.5. The van der Waals surface area contributed by atoms with Crippen LogP contribution < -0.4 is 5.32 Å². The first-order valence-corrected chi connectivity index (χ1v) is 7.37. The van der Waals surface area contributed by atoms with Crippen LogP contribution in [0.25, 0.3) is 10.9 Å². The average molecular weight is 300 g/mol. The van der Waals surface area contributed by atoms with Crippen molar-refractivity contribution in [1.82, 2.24) is 10.3 Å². The van der Waals surface area contributed by atoms with Gasteiger partial charge in [0.2, 0.25) is 5.91 Å². The van der Waals surface area contributed by atoms with E-state index in [0.717, 1.165) is 16.5 Å². The Hall–Kier alpha value is -2.43. The molecule has 0 aliphatic rings. The molecule has 1 amide bonds. The second kappa shape index (κ2) is 7.02. The van der Waals surface area contributed by atoms with E-state index in [2.05, 4.69) is 10.3 Å². The highest BCUT2D eigenvalue weighted by molar-refractivity contribution is 5.86. The maximum atomic E-state index is 12.1. The number of carboxylic acid groups (broad SMARTS) is 1. The largest absolute Gasteiger partial charge is 0.480 e. The molecule has 0 aliphatic heterocycles. The number of carbonyl (C=O) groups excluding carboxylic acids is 1. The molecule has 0 fully saturated rings. The van der Waals surface area contributed by atoms with Crippen molar-refractivity contribution in [1.29, 1.82) is 0 Å². The zero-order valence-electron chi connectivity index (χ0n) is 12.7. The van der Waals surface area contributed by atoms with E-state index >= 15 is 0 Å². The van der Waals surface area contributed by atoms with Crippen molar-refractivity contribution in [3.05, 3.63) is 42.1 Å². The van der Waals surface area contributed by atoms with Crippen molar-refractivity contribution >= 4 is 22.8 Å². The summed E-state index contributed by atoms with van der Waals surface area (Å²) in [6.07, 6.45) is 2.47. The van der Waals surface area contributed by atoms with E-state index in [1.54, 1.807) is 6.20 Å². The number of aromatic nitrogens is 1. The molecule has 2 atom stereocenters. The van der Waals surface area contributed by atoms with Crippen LogP contribution in [-0.4, -0.2) is 28.0 Å². The van der Waals surface area contributed by atoms with Crippen LogP contribution in [0.1, 0.15) is 25.8 Å². The van der Waals surface area contributed by atoms with Gasteiger partial charge in [0.05, 0.1) is 11.9 Å². The maximum absolute atomic E-state index is 12.1. The minimum absolute atomic E-state index is 0.115. The van der Waals surface area contributed by atoms with Gasteiger partial charge in [0.25, 0.3) is 0 Å². The molecular formula is C17H20N2O3. The Labute approximate surface area is 129 Å². The molecule has 1 heterocycles. The molecule has 0 saturated carbocycles. The molecule has 2 N–H and O–H groups in total. The molecule has 22 heavy (non-hydrogen) atoms. The van der Waals surface area contributed by atoms with Gasteiger partial charge in [-0.1, -0.05) is 38.5 Å². The molecule has 2 aromatic rings. The quantitative estimate of drug-likeness (QED) is 0.858. The summed E-state index contributed by atoms with van der Waals surface area (Å²) in [6.45, 7) is 3.72. The topological polar surface area (TPSA) is 79.3 Å². The van der Waals surface area contributed by atoms with Crippen LogP contribution in [-0.2, 0) is 16.0 Å². The Morgan fingerprint density at radius 1 is 1.32 bits per heavy atom. The van der Waals surface area contributed by atoms with E-state index in [0.29, 0.717) is 6.42 Å². The van der Waals surface area contributed by atoms with E-state index in [1.807, 2.05) is 44.2 Å². The number of benzene rings is 1. The molecule has 5 nitrogen and oxygen atoms in total. The normalized spacial score (nSPS) is 13.5. The number of nitrogens with one attached hydrogen (secondary N) is 1. The van der Waals surface area contributed by atoms with Gasteiger partial charge in [0, 0.05) is 11.6 Å². The standard InChI is InChI=1S/C17H20N2O3/c1-3-11(2)16(17(21)22)19-15(20)9-12-8-13-6-4-5-7-14(13)18-10-12/h4-8,10-11,16H,3,9H2,1-2H3,(H,19,20)(H,21,22)/t11-,16-/m0/s1. The molecular weight excluding hydrogens is 280 g/mol. The molecule has 0 radical (unpaired) electrons. The van der Waals surface area contributed by atoms with Crippen molar-refractivity contribution in [2.75, 3.05) is 0 Å². The summed E-state index contributed by atoms with van der Waals surface area (Å²) in [5.41, 5.74) is 1.64. The smallest absolute Gasteiger partial charge is 0.326 e. The summed E-state index contributed by atoms with van der Waals surface area (Å²) in [5.74, 6) is -1.42. The summed E-state index contributed by atoms with van der Waals surface area (Å²) in [6, 6.07) is 8.71. The van der Waals surface area contributed by atoms with Crippen molar-refractivity contribution in [3.63, 3.8) is 0 Å². The minimum Gasteiger partial charge on any atom is -0.480 e. The zero-order valence-corrected chi connectivity index (χ0v) is 12.7. The molecule has 5 heteroatoms. The highest BCUT2D eigenvalue weighted by atomic mass is 16.4. The lowest BCUT2D eigenvalue weighted by Gasteiger charge is -2.20. The molecule has 0 spiro atoms. The van der Waals surface area contributed by atoms with Gasteiger partial charge in [-0.3, -0.25) is 9.78 Å². The van der Waals surface area contributed by atoms with Gasteiger partial charge in [0.1, 0.15) is 6.04 Å². The fourth-order valence-electron chi connectivity index (χ4n) is 2.31. The lowest BCUT2D eigenvalue weighted by atomic mass is 9.99. The molecule has 1 aromatic carbocycles. The van der Waals surface area contributed by atoms with Gasteiger partial charge in [-0.25, -0.2) is 4.79 Å². The van der Waals surface area contributed by atoms with Crippen LogP contribution in [0.15, 0.2) is 36.5 Å². The first kappa shape index (κ1) is 15.9. The maximum Gasteiger partial charge on any atom is 0.326 e. The van der Waals surface area contributed by atoms with E-state index in [1.165, 1.54) is 0 Å². The van der Waals surface area contributed by atoms with Crippen LogP contribution in [0, 0.1) is 5.92 Å². The lowest BCUT2D eigenvalue weighted by molar-refractivity contribution is -0.143. The Bertz CT molecular complexity index is 684. The number of carboxylic acids is 1. The van der Waals surface area contributed by atoms with Crippen molar-refractivity contribution in [2.24, 2.45) is 5.92 Å². The number of aliphatic carboxylic acids is 1. The third-order valence-corrected chi connectivity index (χ3v) is 3.81. The Morgan fingerprint density at radius 2 is 2.05 bits per heavy atom. The minimum atomic E-state index is -1.00. The summed E-state index contributed by atoms with van der Waals surface area (Å²) in [5, 5.41) is 12.8. The van der Waals surface area contributed by atoms with Gasteiger partial charge in [0.15, 0.2) is 0 Å². The predicted octanol–water partition coefficient (Wildman–Crippen LogP) is 2.39. The van der Waals surface area contributed by atoms with Crippen LogP contribution in [0.3, 0.4) is 0 Å². The second-order valence-electron chi connectivity index (χ2n) is 5.48. The molecule has 0 saturated heterocycles. The SMILES string of the molecule is CC[C@H](C)[C@H](NC(=O)Cc1cnc2ccccc2c1)C(=O)O. The van der Waals surface area contributed by atoms with Crippen LogP contribution in [0.5, 0.6) is 0 Å². The summed E-state index contributed by atoms with van der Waals surface area (Å²) < 4.78 is 0. The molecule has 0 unspecified atom stereocenters. The van der Waals surface area contributed by atoms with Crippen molar-refractivity contribution in [2.45, 2.75) is 32.7 Å². The number of hydrogen-bond donors (Lipinski definition) is 2. The first-order valence-electron chi connectivity index (χ1n) is 7.37. The number of nitrogens with zero attached hydrogens (tertiary/aromatic N) is 1. The number of pyridine rings is 1. The van der Waals surface area contributed by atoms with E-state index < -0.39 is 12.0 Å². The van der Waals surface area contributed by atoms with Crippen molar-refractivity contribution < 1.29 is 14.7 Å². The number of fused-ring (bicyclic) bond motifs is 1. The Morgan fingerprint density at radius 3 is 2.73 bits per heavy atom. The predicted molar refractivity (Wildman–Crippen MR) is 84.5 cm³/mol. The van der Waals surface area contributed by atoms with Crippen LogP contribution >= 0.6 is 0 Å².